The Morgan fingerprint density at radius 3 is 0.637 bits per heavy atom. The van der Waals surface area contributed by atoms with Crippen LogP contribution in [0, 0.1) is 23.7 Å². The normalized spacial score (nSPS) is 14.7. The van der Waals surface area contributed by atoms with Crippen LogP contribution in [0.1, 0.15) is 335 Å². The molecule has 0 unspecified atom stereocenters. The molecule has 8 heteroatoms. The molecule has 0 spiro atoms. The number of aromatic hydroxyl groups is 4. The van der Waals surface area contributed by atoms with Crippen molar-refractivity contribution < 1.29 is 30.0 Å². The molecule has 0 heterocycles. The first-order valence-corrected chi connectivity index (χ1v) is 34.6. The molecule has 1 aliphatic carbocycles. The molecule has 0 radical (unpaired) electrons. The van der Waals surface area contributed by atoms with Crippen LogP contribution in [0.25, 0.3) is 0 Å². The van der Waals surface area contributed by atoms with Crippen molar-refractivity contribution in [1.82, 2.24) is 0 Å². The number of phenols is 4. The second-order valence-corrected chi connectivity index (χ2v) is 25.5. The van der Waals surface area contributed by atoms with Crippen LogP contribution in [0.3, 0.4) is 0 Å². The maximum Gasteiger partial charge on any atom is 0.163 e. The first kappa shape index (κ1) is 70.8. The van der Waals surface area contributed by atoms with Crippen LogP contribution in [0.2, 0.25) is 0 Å². The molecule has 2 aromatic carbocycles. The van der Waals surface area contributed by atoms with Gasteiger partial charge in [0.05, 0.1) is 11.1 Å². The van der Waals surface area contributed by atoms with Gasteiger partial charge in [-0.05, 0) is 75.0 Å². The molecule has 1 aliphatic rings. The second-order valence-electron chi connectivity index (χ2n) is 25.5. The summed E-state index contributed by atoms with van der Waals surface area (Å²) in [6.07, 6.45) is 48.2. The number of nitrogens with zero attached hydrogens (tertiary/aromatic N) is 2. The van der Waals surface area contributed by atoms with E-state index in [0.29, 0.717) is 23.7 Å². The van der Waals surface area contributed by atoms with Gasteiger partial charge in [-0.1, -0.05) is 261 Å². The minimum absolute atomic E-state index is 0.0686. The fourth-order valence-corrected chi connectivity index (χ4v) is 13.3. The van der Waals surface area contributed by atoms with Crippen molar-refractivity contribution in [1.29, 1.82) is 0 Å². The number of carbonyl (C=O) groups excluding carboxylic acids is 2. The highest BCUT2D eigenvalue weighted by Gasteiger charge is 2.54. The molecule has 8 nitrogen and oxygen atoms in total. The molecule has 1 saturated carbocycles. The molecular formula is C72H126N2O6. The third kappa shape index (κ3) is 26.0. The fourth-order valence-electron chi connectivity index (χ4n) is 13.3. The van der Waals surface area contributed by atoms with E-state index < -0.39 is 23.4 Å². The molecule has 2 aromatic rings. The Morgan fingerprint density at radius 1 is 0.300 bits per heavy atom. The number of unbranched alkanes of at least 4 members (excludes halogenated alkanes) is 24. The predicted octanol–water partition coefficient (Wildman–Crippen LogP) is 21.4. The van der Waals surface area contributed by atoms with E-state index in [0.717, 1.165) is 88.9 Å². The summed E-state index contributed by atoms with van der Waals surface area (Å²) < 4.78 is 0. The lowest BCUT2D eigenvalue weighted by Crippen LogP contribution is -2.44. The number of anilines is 2. The predicted molar refractivity (Wildman–Crippen MR) is 343 cm³/mol. The van der Waals surface area contributed by atoms with E-state index in [1.54, 1.807) is 24.3 Å². The van der Waals surface area contributed by atoms with Crippen LogP contribution in [-0.2, 0) is 9.59 Å². The molecule has 1 fully saturated rings. The summed E-state index contributed by atoms with van der Waals surface area (Å²) in [6.45, 7) is 21.5. The van der Waals surface area contributed by atoms with E-state index in [2.05, 4.69) is 65.2 Å². The third-order valence-corrected chi connectivity index (χ3v) is 18.3. The highest BCUT2D eigenvalue weighted by atomic mass is 16.3. The van der Waals surface area contributed by atoms with Gasteiger partial charge in [0.25, 0.3) is 0 Å². The zero-order valence-electron chi connectivity index (χ0n) is 53.4. The number of Topliss-reactive ketones (excluding diaryl/α,β-unsaturated/α-hetero) is 2. The fraction of sp³-hybridized carbons (Fsp3) is 0.806. The number of hydrogen-bond acceptors (Lipinski definition) is 8. The van der Waals surface area contributed by atoms with Crippen LogP contribution >= 0.6 is 0 Å². The van der Waals surface area contributed by atoms with Crippen molar-refractivity contribution in [3.05, 3.63) is 35.4 Å². The maximum absolute atomic E-state index is 14.5. The molecule has 0 amide bonds. The highest BCUT2D eigenvalue weighted by Crippen LogP contribution is 2.52. The minimum Gasteiger partial charge on any atom is -0.507 e. The Bertz CT molecular complexity index is 1610. The standard InChI is InChI=1S/C72H126N2O6/c1-9-17-25-33-41-57(42-34-26-18-10-2)53-73(54-58(43-35-27-19-11-3)44-36-28-20-12-4)61-49-63(75)67(64(76)50-61)69-71(79)70(72(69)80)68-65(77)51-62(52-66(68)78)74(55-59(45-37-29-21-13-5)46-38-30-22-14-6)56-60(47-39-31-23-15-7)48-40-32-24-16-8/h49-52,57-60,69-70,75-78H,9-48,53-56H2,1-8H3. The van der Waals surface area contributed by atoms with Gasteiger partial charge in [0, 0.05) is 61.8 Å². The van der Waals surface area contributed by atoms with Gasteiger partial charge >= 0.3 is 0 Å². The summed E-state index contributed by atoms with van der Waals surface area (Å²) >= 11 is 0. The summed E-state index contributed by atoms with van der Waals surface area (Å²) in [7, 11) is 0. The molecule has 460 valence electrons. The van der Waals surface area contributed by atoms with Gasteiger partial charge < -0.3 is 30.2 Å². The van der Waals surface area contributed by atoms with Gasteiger partial charge in [0.15, 0.2) is 11.6 Å². The number of benzene rings is 2. The quantitative estimate of drug-likeness (QED) is 0.0382. The Morgan fingerprint density at radius 2 is 0.475 bits per heavy atom. The molecule has 0 bridgehead atoms. The SMILES string of the molecule is CCCCCCC(CCCCCC)CN(CC(CCCCCC)CCCCCC)c1cc(O)c(C2C(=O)C(c3c(O)cc(N(CC(CCCCCC)CCCCCC)CC(CCCCCC)CCCCCC)cc3O)C2=O)c(O)c1. The summed E-state index contributed by atoms with van der Waals surface area (Å²) in [5, 5.41) is 48.0. The molecule has 3 rings (SSSR count). The Hall–Kier alpha value is -3.42. The maximum atomic E-state index is 14.5. The first-order chi connectivity index (χ1) is 38.9. The van der Waals surface area contributed by atoms with Crippen molar-refractivity contribution in [2.45, 2.75) is 324 Å². The third-order valence-electron chi connectivity index (χ3n) is 18.3. The molecule has 0 saturated heterocycles. The van der Waals surface area contributed by atoms with Crippen LogP contribution < -0.4 is 9.80 Å². The molecule has 0 aromatic heterocycles. The molecule has 0 atom stereocenters. The second kappa shape index (κ2) is 43.3. The molecular weight excluding hydrogens is 989 g/mol. The smallest absolute Gasteiger partial charge is 0.163 e. The van der Waals surface area contributed by atoms with E-state index in [-0.39, 0.29) is 34.1 Å². The van der Waals surface area contributed by atoms with Gasteiger partial charge in [0.2, 0.25) is 0 Å². The van der Waals surface area contributed by atoms with E-state index >= 15 is 0 Å². The zero-order chi connectivity index (χ0) is 58.3. The summed E-state index contributed by atoms with van der Waals surface area (Å²) in [5.74, 6) is -2.96. The van der Waals surface area contributed by atoms with Crippen molar-refractivity contribution in [3.63, 3.8) is 0 Å². The van der Waals surface area contributed by atoms with Gasteiger partial charge in [-0.3, -0.25) is 9.59 Å². The number of rotatable bonds is 52. The number of phenolic OH excluding ortho intramolecular Hbond substituents is 4. The lowest BCUT2D eigenvalue weighted by Gasteiger charge is -2.36. The van der Waals surface area contributed by atoms with Crippen LogP contribution in [-0.4, -0.2) is 58.2 Å². The topological polar surface area (TPSA) is 122 Å². The van der Waals surface area contributed by atoms with Crippen molar-refractivity contribution >= 4 is 22.9 Å². The summed E-state index contributed by atoms with van der Waals surface area (Å²) in [4.78, 5) is 33.8. The van der Waals surface area contributed by atoms with E-state index in [9.17, 15) is 30.0 Å². The lowest BCUT2D eigenvalue weighted by molar-refractivity contribution is -0.142. The summed E-state index contributed by atoms with van der Waals surface area (Å²) in [5.41, 5.74) is 1.34. The largest absolute Gasteiger partial charge is 0.507 e. The monoisotopic (exact) mass is 1110 g/mol. The Kier molecular flexibility index (Phi) is 38.3. The van der Waals surface area contributed by atoms with E-state index in [4.69, 9.17) is 0 Å². The highest BCUT2D eigenvalue weighted by molar-refractivity contribution is 6.32. The van der Waals surface area contributed by atoms with Gasteiger partial charge in [-0.15, -0.1) is 0 Å². The number of hydrogen-bond donors (Lipinski definition) is 4. The van der Waals surface area contributed by atoms with Gasteiger partial charge in [0.1, 0.15) is 34.8 Å². The van der Waals surface area contributed by atoms with E-state index in [1.165, 1.54) is 205 Å². The minimum atomic E-state index is -1.39. The lowest BCUT2D eigenvalue weighted by atomic mass is 9.65. The van der Waals surface area contributed by atoms with Crippen molar-refractivity contribution in [2.75, 3.05) is 36.0 Å². The zero-order valence-corrected chi connectivity index (χ0v) is 53.4. The Balaban J connectivity index is 2.05. The van der Waals surface area contributed by atoms with E-state index in [1.807, 2.05) is 0 Å². The summed E-state index contributed by atoms with van der Waals surface area (Å²) in [6, 6.07) is 6.78. The molecule has 80 heavy (non-hydrogen) atoms. The molecule has 0 aliphatic heterocycles. The number of ketones is 2. The molecule has 4 N–H and O–H groups in total. The number of carbonyl (C=O) groups is 2. The average Bonchev–Trinajstić information content (AvgIpc) is 3.44. The first-order valence-electron chi connectivity index (χ1n) is 34.6. The Labute approximate surface area is 492 Å². The van der Waals surface area contributed by atoms with Gasteiger partial charge in [-0.2, -0.15) is 0 Å². The van der Waals surface area contributed by atoms with Gasteiger partial charge in [-0.25, -0.2) is 0 Å². The van der Waals surface area contributed by atoms with Crippen LogP contribution in [0.5, 0.6) is 23.0 Å². The van der Waals surface area contributed by atoms with Crippen LogP contribution in [0.4, 0.5) is 11.4 Å². The van der Waals surface area contributed by atoms with Crippen molar-refractivity contribution in [2.24, 2.45) is 23.7 Å². The average molecular weight is 1120 g/mol. The van der Waals surface area contributed by atoms with Crippen LogP contribution in [0.15, 0.2) is 24.3 Å². The van der Waals surface area contributed by atoms with Crippen molar-refractivity contribution in [3.8, 4) is 23.0 Å².